The van der Waals surface area contributed by atoms with Crippen LogP contribution >= 0.6 is 0 Å². The zero-order valence-corrected chi connectivity index (χ0v) is 17.1. The number of carbonyl (C=O) groups is 2. The van der Waals surface area contributed by atoms with Gasteiger partial charge in [-0.25, -0.2) is 9.59 Å². The molecule has 0 aromatic heterocycles. The first-order valence-electron chi connectivity index (χ1n) is 10.9. The molecule has 7 unspecified atom stereocenters. The molecule has 7 rings (SSSR count). The minimum absolute atomic E-state index is 0.119. The molecular weight excluding hydrogens is 396 g/mol. The molecule has 4 bridgehead atoms. The predicted octanol–water partition coefficient (Wildman–Crippen LogP) is 0.250. The van der Waals surface area contributed by atoms with Gasteiger partial charge in [-0.2, -0.15) is 0 Å². The second kappa shape index (κ2) is 5.95. The third-order valence-corrected chi connectivity index (χ3v) is 8.10. The average molecular weight is 424 g/mol. The summed E-state index contributed by atoms with van der Waals surface area (Å²) in [5.41, 5.74) is -1.62. The maximum atomic E-state index is 12.1. The van der Waals surface area contributed by atoms with E-state index in [1.54, 1.807) is 0 Å². The van der Waals surface area contributed by atoms with Crippen molar-refractivity contribution >= 4 is 11.9 Å². The molecular formula is C21H28O9. The largest absolute Gasteiger partial charge is 0.463 e. The number of ether oxygens (including phenoxy) is 5. The quantitative estimate of drug-likeness (QED) is 0.614. The number of rotatable bonds is 3. The molecule has 0 amide bonds. The van der Waals surface area contributed by atoms with Crippen molar-refractivity contribution in [2.45, 2.75) is 88.0 Å². The van der Waals surface area contributed by atoms with E-state index in [4.69, 9.17) is 23.7 Å². The number of aliphatic hydroxyl groups excluding tert-OH is 1. The van der Waals surface area contributed by atoms with Crippen LogP contribution in [-0.4, -0.2) is 70.9 Å². The first kappa shape index (κ1) is 19.4. The van der Waals surface area contributed by atoms with Crippen molar-refractivity contribution in [3.05, 3.63) is 0 Å². The summed E-state index contributed by atoms with van der Waals surface area (Å²) in [7, 11) is 0. The SMILES string of the molecule is CC(C)(O)C(=O)OCC12CC3CC(C1)C1(OC4OC5C(O)C(=O)OC5C4O1)C(C3)C2. The summed E-state index contributed by atoms with van der Waals surface area (Å²) < 4.78 is 29.6. The highest BCUT2D eigenvalue weighted by atomic mass is 16.9. The molecule has 166 valence electrons. The van der Waals surface area contributed by atoms with Gasteiger partial charge >= 0.3 is 11.9 Å². The zero-order valence-electron chi connectivity index (χ0n) is 17.1. The second-order valence-electron chi connectivity index (χ2n) is 10.7. The third-order valence-electron chi connectivity index (χ3n) is 8.10. The van der Waals surface area contributed by atoms with Crippen LogP contribution in [0.4, 0.5) is 0 Å². The molecule has 0 radical (unpaired) electrons. The lowest BCUT2D eigenvalue weighted by Gasteiger charge is -2.62. The first-order chi connectivity index (χ1) is 14.1. The van der Waals surface area contributed by atoms with Crippen LogP contribution in [0, 0.1) is 23.2 Å². The fourth-order valence-corrected chi connectivity index (χ4v) is 7.06. The Bertz CT molecular complexity index is 772. The van der Waals surface area contributed by atoms with Gasteiger partial charge in [0.05, 0.1) is 6.61 Å². The Labute approximate surface area is 173 Å². The molecule has 9 nitrogen and oxygen atoms in total. The van der Waals surface area contributed by atoms with Gasteiger partial charge in [0, 0.05) is 17.3 Å². The van der Waals surface area contributed by atoms with Crippen molar-refractivity contribution in [2.75, 3.05) is 6.61 Å². The lowest BCUT2D eigenvalue weighted by Crippen LogP contribution is -2.63. The normalized spacial score (nSPS) is 53.1. The molecule has 30 heavy (non-hydrogen) atoms. The minimum Gasteiger partial charge on any atom is -0.463 e. The van der Waals surface area contributed by atoms with Crippen LogP contribution in [0.15, 0.2) is 0 Å². The van der Waals surface area contributed by atoms with Crippen LogP contribution in [0.2, 0.25) is 0 Å². The second-order valence-corrected chi connectivity index (χ2v) is 10.7. The highest BCUT2D eigenvalue weighted by Gasteiger charge is 2.72. The summed E-state index contributed by atoms with van der Waals surface area (Å²) >= 11 is 0. The maximum absolute atomic E-state index is 12.1. The average Bonchev–Trinajstić information content (AvgIpc) is 3.27. The third kappa shape index (κ3) is 2.53. The van der Waals surface area contributed by atoms with E-state index in [0.29, 0.717) is 12.5 Å². The Morgan fingerprint density at radius 2 is 1.83 bits per heavy atom. The van der Waals surface area contributed by atoms with Crippen molar-refractivity contribution in [1.82, 2.24) is 0 Å². The van der Waals surface area contributed by atoms with Crippen molar-refractivity contribution in [1.29, 1.82) is 0 Å². The molecule has 2 N–H and O–H groups in total. The van der Waals surface area contributed by atoms with E-state index >= 15 is 0 Å². The van der Waals surface area contributed by atoms with E-state index in [1.165, 1.54) is 13.8 Å². The number of hydrogen-bond acceptors (Lipinski definition) is 9. The summed E-state index contributed by atoms with van der Waals surface area (Å²) in [6.07, 6.45) is 0.737. The van der Waals surface area contributed by atoms with Crippen molar-refractivity contribution < 1.29 is 43.5 Å². The molecule has 4 aliphatic carbocycles. The van der Waals surface area contributed by atoms with Crippen LogP contribution in [0.25, 0.3) is 0 Å². The summed E-state index contributed by atoms with van der Waals surface area (Å²) in [5, 5.41) is 19.8. The Hall–Kier alpha value is -1.26. The van der Waals surface area contributed by atoms with E-state index < -0.39 is 54.0 Å². The lowest BCUT2D eigenvalue weighted by atomic mass is 9.47. The number of hydrogen-bond donors (Lipinski definition) is 2. The van der Waals surface area contributed by atoms with Crippen molar-refractivity contribution in [3.63, 3.8) is 0 Å². The summed E-state index contributed by atoms with van der Waals surface area (Å²) in [5.74, 6) is -1.25. The molecule has 0 aromatic rings. The van der Waals surface area contributed by atoms with Crippen LogP contribution in [0.3, 0.4) is 0 Å². The fourth-order valence-electron chi connectivity index (χ4n) is 7.06. The highest BCUT2D eigenvalue weighted by Crippen LogP contribution is 2.67. The molecule has 7 fully saturated rings. The predicted molar refractivity (Wildman–Crippen MR) is 96.5 cm³/mol. The Morgan fingerprint density at radius 1 is 1.13 bits per heavy atom. The molecule has 3 saturated heterocycles. The molecule has 0 aromatic carbocycles. The monoisotopic (exact) mass is 424 g/mol. The van der Waals surface area contributed by atoms with Gasteiger partial charge in [-0.05, 0) is 51.9 Å². The van der Waals surface area contributed by atoms with E-state index in [0.717, 1.165) is 32.1 Å². The topological polar surface area (TPSA) is 121 Å². The minimum atomic E-state index is -1.50. The van der Waals surface area contributed by atoms with E-state index in [1.807, 2.05) is 0 Å². The Kier molecular flexibility index (Phi) is 3.85. The molecule has 7 atom stereocenters. The summed E-state index contributed by atoms with van der Waals surface area (Å²) in [6.45, 7) is 3.17. The van der Waals surface area contributed by atoms with Gasteiger partial charge in [-0.3, -0.25) is 0 Å². The van der Waals surface area contributed by atoms with Gasteiger partial charge in [0.2, 0.25) is 0 Å². The first-order valence-corrected chi connectivity index (χ1v) is 10.9. The molecule has 7 aliphatic rings. The number of esters is 2. The van der Waals surface area contributed by atoms with Crippen LogP contribution in [0.5, 0.6) is 0 Å². The number of fused-ring (bicyclic) bond motifs is 3. The Morgan fingerprint density at radius 3 is 2.50 bits per heavy atom. The van der Waals surface area contributed by atoms with E-state index in [-0.39, 0.29) is 17.3 Å². The van der Waals surface area contributed by atoms with Gasteiger partial charge in [0.15, 0.2) is 36.0 Å². The highest BCUT2D eigenvalue weighted by molar-refractivity contribution is 5.78. The summed E-state index contributed by atoms with van der Waals surface area (Å²) in [6, 6.07) is 0. The van der Waals surface area contributed by atoms with E-state index in [9.17, 15) is 19.8 Å². The molecule has 3 aliphatic heterocycles. The van der Waals surface area contributed by atoms with Crippen LogP contribution in [0.1, 0.15) is 46.0 Å². The van der Waals surface area contributed by atoms with Gasteiger partial charge in [0.25, 0.3) is 0 Å². The fraction of sp³-hybridized carbons (Fsp3) is 0.905. The van der Waals surface area contributed by atoms with Gasteiger partial charge < -0.3 is 33.9 Å². The standard InChI is InChI=1S/C21H28O9/c1-19(2,25)18(24)26-8-20-5-9-3-10(6-20)21(11(4-9)7-20)29-15-14-13(28-17(15)30-21)12(22)16(23)27-14/h9-15,17,22,25H,3-8H2,1-2H3. The lowest BCUT2D eigenvalue weighted by molar-refractivity contribution is -0.337. The molecule has 3 heterocycles. The van der Waals surface area contributed by atoms with Crippen LogP contribution < -0.4 is 0 Å². The summed E-state index contributed by atoms with van der Waals surface area (Å²) in [4.78, 5) is 23.8. The van der Waals surface area contributed by atoms with Gasteiger partial charge in [-0.1, -0.05) is 0 Å². The van der Waals surface area contributed by atoms with E-state index in [2.05, 4.69) is 0 Å². The van der Waals surface area contributed by atoms with Crippen LogP contribution in [-0.2, 0) is 33.3 Å². The van der Waals surface area contributed by atoms with Gasteiger partial charge in [0.1, 0.15) is 6.10 Å². The smallest absolute Gasteiger partial charge is 0.338 e. The van der Waals surface area contributed by atoms with Crippen molar-refractivity contribution in [3.8, 4) is 0 Å². The molecule has 4 saturated carbocycles. The molecule has 9 heteroatoms. The number of carbonyl (C=O) groups excluding carboxylic acids is 2. The molecule has 1 spiro atoms. The van der Waals surface area contributed by atoms with Crippen molar-refractivity contribution in [2.24, 2.45) is 23.2 Å². The zero-order chi connectivity index (χ0) is 21.1. The number of aliphatic hydroxyl groups is 2. The maximum Gasteiger partial charge on any atom is 0.338 e. The Balaban J connectivity index is 1.20. The van der Waals surface area contributed by atoms with Gasteiger partial charge in [-0.15, -0.1) is 0 Å².